The zero-order valence-electron chi connectivity index (χ0n) is 22.7. The van der Waals surface area contributed by atoms with Crippen LogP contribution in [0.15, 0.2) is 89.8 Å². The fraction of sp³-hybridized carbons (Fsp3) is 0.258. The molecule has 1 heterocycles. The Balaban J connectivity index is 1.57. The van der Waals surface area contributed by atoms with Crippen molar-refractivity contribution in [1.82, 2.24) is 9.29 Å². The zero-order valence-corrected chi connectivity index (χ0v) is 24.3. The highest BCUT2D eigenvalue weighted by atomic mass is 32.2. The van der Waals surface area contributed by atoms with Crippen molar-refractivity contribution in [3.05, 3.63) is 101 Å². The number of sulfonamides is 1. The number of hydrogen-bond donors (Lipinski definition) is 1. The Hall–Kier alpha value is -3.66. The largest absolute Gasteiger partial charge is 0.298 e. The number of nitrogens with zero attached hydrogens (tertiary/aromatic N) is 2. The summed E-state index contributed by atoms with van der Waals surface area (Å²) in [5.74, 6) is -0.618. The van der Waals surface area contributed by atoms with E-state index in [4.69, 9.17) is 0 Å². The van der Waals surface area contributed by atoms with Crippen LogP contribution in [0.5, 0.6) is 0 Å². The van der Waals surface area contributed by atoms with Gasteiger partial charge in [-0.2, -0.15) is 4.31 Å². The van der Waals surface area contributed by atoms with Gasteiger partial charge in [0.15, 0.2) is 5.13 Å². The van der Waals surface area contributed by atoms with Gasteiger partial charge in [-0.1, -0.05) is 98.7 Å². The van der Waals surface area contributed by atoms with Gasteiger partial charge >= 0.3 is 0 Å². The predicted molar refractivity (Wildman–Crippen MR) is 160 cm³/mol. The SMILES string of the molecule is CCCCN(CCCC)S(=O)(=O)c1ccc(C(=O)Nc2nc(-c3ccccc3)c(C(=O)c3ccccc3)s2)cc1. The lowest BCUT2D eigenvalue weighted by atomic mass is 10.1. The van der Waals surface area contributed by atoms with E-state index in [1.54, 1.807) is 24.3 Å². The average Bonchev–Trinajstić information content (AvgIpc) is 3.41. The van der Waals surface area contributed by atoms with Gasteiger partial charge in [-0.25, -0.2) is 13.4 Å². The first-order valence-electron chi connectivity index (χ1n) is 13.4. The number of rotatable bonds is 13. The molecule has 40 heavy (non-hydrogen) atoms. The molecular formula is C31H33N3O4S2. The van der Waals surface area contributed by atoms with Crippen LogP contribution >= 0.6 is 11.3 Å². The highest BCUT2D eigenvalue weighted by Crippen LogP contribution is 2.33. The summed E-state index contributed by atoms with van der Waals surface area (Å²) in [7, 11) is -3.66. The molecule has 0 fully saturated rings. The minimum Gasteiger partial charge on any atom is -0.298 e. The first-order chi connectivity index (χ1) is 19.3. The minimum absolute atomic E-state index is 0.160. The van der Waals surface area contributed by atoms with Gasteiger partial charge in [0.25, 0.3) is 5.91 Å². The molecule has 0 saturated carbocycles. The Bertz CT molecular complexity index is 1530. The van der Waals surface area contributed by atoms with Crippen molar-refractivity contribution >= 4 is 38.2 Å². The average molecular weight is 576 g/mol. The van der Waals surface area contributed by atoms with Crippen molar-refractivity contribution in [3.8, 4) is 11.3 Å². The van der Waals surface area contributed by atoms with Crippen LogP contribution in [0.4, 0.5) is 5.13 Å². The highest BCUT2D eigenvalue weighted by molar-refractivity contribution is 7.89. The number of carbonyl (C=O) groups excluding carboxylic acids is 2. The summed E-state index contributed by atoms with van der Waals surface area (Å²) in [6.45, 7) is 5.01. The first kappa shape index (κ1) is 29.3. The topological polar surface area (TPSA) is 96.4 Å². The van der Waals surface area contributed by atoms with E-state index in [-0.39, 0.29) is 15.8 Å². The molecule has 208 valence electrons. The third-order valence-corrected chi connectivity index (χ3v) is 9.30. The van der Waals surface area contributed by atoms with Gasteiger partial charge in [0.1, 0.15) is 4.88 Å². The van der Waals surface area contributed by atoms with Crippen LogP contribution in [-0.2, 0) is 10.0 Å². The number of carbonyl (C=O) groups is 2. The van der Waals surface area contributed by atoms with Crippen molar-refractivity contribution in [2.45, 2.75) is 44.4 Å². The fourth-order valence-corrected chi connectivity index (χ4v) is 6.62. The van der Waals surface area contributed by atoms with Crippen molar-refractivity contribution in [1.29, 1.82) is 0 Å². The van der Waals surface area contributed by atoms with Crippen molar-refractivity contribution in [2.24, 2.45) is 0 Å². The normalized spacial score (nSPS) is 11.5. The number of amides is 1. The Morgan fingerprint density at radius 2 is 1.38 bits per heavy atom. The van der Waals surface area contributed by atoms with E-state index in [0.717, 1.165) is 42.6 Å². The second-order valence-corrected chi connectivity index (χ2v) is 12.3. The number of thiazole rings is 1. The Labute approximate surface area is 240 Å². The quantitative estimate of drug-likeness (QED) is 0.175. The summed E-state index contributed by atoms with van der Waals surface area (Å²) in [5, 5.41) is 3.07. The molecule has 7 nitrogen and oxygen atoms in total. The smallest absolute Gasteiger partial charge is 0.257 e. The molecule has 0 aliphatic carbocycles. The zero-order chi connectivity index (χ0) is 28.5. The summed E-state index contributed by atoms with van der Waals surface area (Å²) >= 11 is 1.11. The van der Waals surface area contributed by atoms with Crippen molar-refractivity contribution in [2.75, 3.05) is 18.4 Å². The number of anilines is 1. The van der Waals surface area contributed by atoms with Crippen LogP contribution in [-0.4, -0.2) is 42.5 Å². The van der Waals surface area contributed by atoms with Gasteiger partial charge in [0.05, 0.1) is 10.6 Å². The highest BCUT2D eigenvalue weighted by Gasteiger charge is 2.25. The van der Waals surface area contributed by atoms with Gasteiger partial charge in [0, 0.05) is 29.8 Å². The van der Waals surface area contributed by atoms with E-state index in [0.29, 0.717) is 34.8 Å². The molecule has 0 spiro atoms. The van der Waals surface area contributed by atoms with Crippen molar-refractivity contribution < 1.29 is 18.0 Å². The lowest BCUT2D eigenvalue weighted by molar-refractivity contribution is 0.102. The number of hydrogen-bond acceptors (Lipinski definition) is 6. The number of unbranched alkanes of at least 4 members (excludes halogenated alkanes) is 2. The van der Waals surface area contributed by atoms with E-state index in [9.17, 15) is 18.0 Å². The molecule has 9 heteroatoms. The van der Waals surface area contributed by atoms with Crippen LogP contribution in [0.2, 0.25) is 0 Å². The maximum atomic E-state index is 13.3. The molecule has 0 bridgehead atoms. The van der Waals surface area contributed by atoms with Crippen LogP contribution in [0.25, 0.3) is 11.3 Å². The molecular weight excluding hydrogens is 542 g/mol. The molecule has 0 atom stereocenters. The summed E-state index contributed by atoms with van der Waals surface area (Å²) in [6, 6.07) is 24.2. The third kappa shape index (κ3) is 6.91. The maximum Gasteiger partial charge on any atom is 0.257 e. The van der Waals surface area contributed by atoms with E-state index >= 15 is 0 Å². The fourth-order valence-electron chi connectivity index (χ4n) is 4.16. The molecule has 1 aromatic heterocycles. The Morgan fingerprint density at radius 3 is 1.95 bits per heavy atom. The van der Waals surface area contributed by atoms with E-state index in [1.165, 1.54) is 28.6 Å². The van der Waals surface area contributed by atoms with Gasteiger partial charge in [-0.15, -0.1) is 0 Å². The molecule has 0 aliphatic rings. The summed E-state index contributed by atoms with van der Waals surface area (Å²) in [5.41, 5.74) is 2.09. The number of aromatic nitrogens is 1. The van der Waals surface area contributed by atoms with E-state index < -0.39 is 15.9 Å². The third-order valence-electron chi connectivity index (χ3n) is 6.41. The molecule has 0 radical (unpaired) electrons. The lowest BCUT2D eigenvalue weighted by Crippen LogP contribution is -2.33. The molecule has 4 aromatic rings. The van der Waals surface area contributed by atoms with Gasteiger partial charge in [-0.05, 0) is 37.1 Å². The molecule has 0 aliphatic heterocycles. The van der Waals surface area contributed by atoms with Crippen LogP contribution < -0.4 is 5.32 Å². The summed E-state index contributed by atoms with van der Waals surface area (Å²) in [6.07, 6.45) is 3.38. The van der Waals surface area contributed by atoms with Crippen molar-refractivity contribution in [3.63, 3.8) is 0 Å². The van der Waals surface area contributed by atoms with Gasteiger partial charge < -0.3 is 0 Å². The van der Waals surface area contributed by atoms with Crippen LogP contribution in [0.3, 0.4) is 0 Å². The number of nitrogens with one attached hydrogen (secondary N) is 1. The first-order valence-corrected chi connectivity index (χ1v) is 15.7. The van der Waals surface area contributed by atoms with Gasteiger partial charge in [0.2, 0.25) is 15.8 Å². The molecule has 1 N–H and O–H groups in total. The van der Waals surface area contributed by atoms with E-state index in [2.05, 4.69) is 10.3 Å². The number of benzene rings is 3. The van der Waals surface area contributed by atoms with Crippen LogP contribution in [0, 0.1) is 0 Å². The van der Waals surface area contributed by atoms with E-state index in [1.807, 2.05) is 50.2 Å². The monoisotopic (exact) mass is 575 g/mol. The summed E-state index contributed by atoms with van der Waals surface area (Å²) in [4.78, 5) is 31.6. The predicted octanol–water partition coefficient (Wildman–Crippen LogP) is 6.88. The Morgan fingerprint density at radius 1 is 0.800 bits per heavy atom. The molecule has 0 saturated heterocycles. The standard InChI is InChI=1S/C31H33N3O4S2/c1-3-5-21-34(22-6-4-2)40(37,38)26-19-17-25(18-20-26)30(36)33-31-32-27(23-13-9-7-10-14-23)29(39-31)28(35)24-15-11-8-12-16-24/h7-20H,3-6,21-22H2,1-2H3,(H,32,33,36). The molecule has 3 aromatic carbocycles. The minimum atomic E-state index is -3.66. The molecule has 0 unspecified atom stereocenters. The Kier molecular flexibility index (Phi) is 9.98. The second-order valence-electron chi connectivity index (χ2n) is 9.35. The second kappa shape index (κ2) is 13.6. The van der Waals surface area contributed by atoms with Crippen LogP contribution in [0.1, 0.15) is 65.1 Å². The maximum absolute atomic E-state index is 13.3. The number of ketones is 1. The van der Waals surface area contributed by atoms with Gasteiger partial charge in [-0.3, -0.25) is 14.9 Å². The lowest BCUT2D eigenvalue weighted by Gasteiger charge is -2.22. The molecule has 1 amide bonds. The summed E-state index contributed by atoms with van der Waals surface area (Å²) < 4.78 is 28.0. The molecule has 4 rings (SSSR count).